The van der Waals surface area contributed by atoms with Crippen LogP contribution in [0.5, 0.6) is 0 Å². The fourth-order valence-corrected chi connectivity index (χ4v) is 3.13. The molecular formula is C18H23N3O2S. The Kier molecular flexibility index (Phi) is 5.49. The standard InChI is InChI=1S/C18H23N3O2S/c1-6-11-21-16(23)13-9-7-8-10-14(13)19-17(21)24-12(2)15(22)20-18(3,4)5/h6-10,12H,1,11H2,2-5H3,(H,20,22)/t12-/m1/s1. The van der Waals surface area contributed by atoms with Gasteiger partial charge in [0.05, 0.1) is 16.2 Å². The van der Waals surface area contributed by atoms with Gasteiger partial charge in [-0.05, 0) is 39.8 Å². The topological polar surface area (TPSA) is 64.0 Å². The van der Waals surface area contributed by atoms with Crippen molar-refractivity contribution in [2.45, 2.75) is 50.2 Å². The van der Waals surface area contributed by atoms with E-state index in [9.17, 15) is 9.59 Å². The molecule has 0 aliphatic carbocycles. The second kappa shape index (κ2) is 7.21. The van der Waals surface area contributed by atoms with E-state index in [-0.39, 0.29) is 22.3 Å². The second-order valence-corrected chi connectivity index (χ2v) is 7.92. The first-order valence-corrected chi connectivity index (χ1v) is 8.70. The average Bonchev–Trinajstić information content (AvgIpc) is 2.49. The first kappa shape index (κ1) is 18.3. The van der Waals surface area contributed by atoms with E-state index in [2.05, 4.69) is 16.9 Å². The molecule has 2 rings (SSSR count). The number of nitrogens with one attached hydrogen (secondary N) is 1. The lowest BCUT2D eigenvalue weighted by Crippen LogP contribution is -2.44. The third-order valence-electron chi connectivity index (χ3n) is 3.29. The minimum absolute atomic E-state index is 0.0833. The van der Waals surface area contributed by atoms with Crippen LogP contribution in [0.2, 0.25) is 0 Å². The summed E-state index contributed by atoms with van der Waals surface area (Å²) in [7, 11) is 0. The monoisotopic (exact) mass is 345 g/mol. The Morgan fingerprint density at radius 1 is 1.42 bits per heavy atom. The largest absolute Gasteiger partial charge is 0.351 e. The van der Waals surface area contributed by atoms with Gasteiger partial charge in [0.2, 0.25) is 5.91 Å². The van der Waals surface area contributed by atoms with Gasteiger partial charge in [0, 0.05) is 12.1 Å². The highest BCUT2D eigenvalue weighted by Crippen LogP contribution is 2.23. The van der Waals surface area contributed by atoms with Crippen molar-refractivity contribution in [3.63, 3.8) is 0 Å². The van der Waals surface area contributed by atoms with Crippen LogP contribution in [-0.4, -0.2) is 26.2 Å². The molecule has 1 aromatic heterocycles. The fraction of sp³-hybridized carbons (Fsp3) is 0.389. The Hall–Kier alpha value is -2.08. The summed E-state index contributed by atoms with van der Waals surface area (Å²) >= 11 is 1.28. The van der Waals surface area contributed by atoms with Gasteiger partial charge < -0.3 is 5.32 Å². The molecule has 0 aliphatic rings. The van der Waals surface area contributed by atoms with E-state index in [1.807, 2.05) is 39.8 Å². The van der Waals surface area contributed by atoms with Gasteiger partial charge in [-0.2, -0.15) is 0 Å². The number of aromatic nitrogens is 2. The zero-order valence-corrected chi connectivity index (χ0v) is 15.3. The third-order valence-corrected chi connectivity index (χ3v) is 4.38. The zero-order chi connectivity index (χ0) is 17.9. The number of fused-ring (bicyclic) bond motifs is 1. The Bertz CT molecular complexity index is 821. The molecule has 128 valence electrons. The molecule has 1 heterocycles. The van der Waals surface area contributed by atoms with Crippen LogP contribution in [0, 0.1) is 0 Å². The zero-order valence-electron chi connectivity index (χ0n) is 14.5. The van der Waals surface area contributed by atoms with E-state index in [4.69, 9.17) is 0 Å². The van der Waals surface area contributed by atoms with Crippen molar-refractivity contribution in [3.05, 3.63) is 47.3 Å². The lowest BCUT2D eigenvalue weighted by molar-refractivity contribution is -0.121. The molecule has 6 heteroatoms. The lowest BCUT2D eigenvalue weighted by Gasteiger charge is -2.23. The molecule has 0 spiro atoms. The number of hydrogen-bond donors (Lipinski definition) is 1. The summed E-state index contributed by atoms with van der Waals surface area (Å²) in [6, 6.07) is 7.22. The minimum atomic E-state index is -0.367. The number of para-hydroxylation sites is 1. The van der Waals surface area contributed by atoms with Crippen molar-refractivity contribution in [1.29, 1.82) is 0 Å². The van der Waals surface area contributed by atoms with E-state index in [1.165, 1.54) is 11.8 Å². The van der Waals surface area contributed by atoms with Gasteiger partial charge in [-0.15, -0.1) is 6.58 Å². The summed E-state index contributed by atoms with van der Waals surface area (Å²) in [5.74, 6) is -0.0833. The van der Waals surface area contributed by atoms with Crippen LogP contribution < -0.4 is 10.9 Å². The number of rotatable bonds is 5. The molecule has 1 atom stereocenters. The predicted molar refractivity (Wildman–Crippen MR) is 99.4 cm³/mol. The molecule has 0 saturated carbocycles. The number of hydrogen-bond acceptors (Lipinski definition) is 4. The molecule has 5 nitrogen and oxygen atoms in total. The molecule has 0 saturated heterocycles. The lowest BCUT2D eigenvalue weighted by atomic mass is 10.1. The van der Waals surface area contributed by atoms with Crippen LogP contribution in [0.1, 0.15) is 27.7 Å². The molecular weight excluding hydrogens is 322 g/mol. The van der Waals surface area contributed by atoms with Crippen molar-refractivity contribution in [3.8, 4) is 0 Å². The predicted octanol–water partition coefficient (Wildman–Crippen LogP) is 2.98. The number of nitrogens with zero attached hydrogens (tertiary/aromatic N) is 2. The summed E-state index contributed by atoms with van der Waals surface area (Å²) in [6.45, 7) is 11.7. The van der Waals surface area contributed by atoms with Crippen molar-refractivity contribution in [2.75, 3.05) is 0 Å². The second-order valence-electron chi connectivity index (χ2n) is 6.62. The van der Waals surface area contributed by atoms with Gasteiger partial charge in [-0.1, -0.05) is 30.0 Å². The number of benzene rings is 1. The van der Waals surface area contributed by atoms with Crippen molar-refractivity contribution >= 4 is 28.6 Å². The highest BCUT2D eigenvalue weighted by molar-refractivity contribution is 8.00. The van der Waals surface area contributed by atoms with E-state index in [0.717, 1.165) is 0 Å². The molecule has 1 amide bonds. The summed E-state index contributed by atoms with van der Waals surface area (Å²) in [5, 5.41) is 3.67. The number of allylic oxidation sites excluding steroid dienone is 1. The molecule has 1 N–H and O–H groups in total. The number of thioether (sulfide) groups is 1. The molecule has 0 radical (unpaired) electrons. The van der Waals surface area contributed by atoms with Crippen molar-refractivity contribution < 1.29 is 4.79 Å². The average molecular weight is 345 g/mol. The number of carbonyl (C=O) groups excluding carboxylic acids is 1. The van der Waals surface area contributed by atoms with Crippen LogP contribution in [-0.2, 0) is 11.3 Å². The maximum atomic E-state index is 12.7. The summed E-state index contributed by atoms with van der Waals surface area (Å²) in [4.78, 5) is 29.6. The van der Waals surface area contributed by atoms with Crippen LogP contribution in [0.25, 0.3) is 10.9 Å². The van der Waals surface area contributed by atoms with Gasteiger partial charge in [0.15, 0.2) is 5.16 Å². The molecule has 0 fully saturated rings. The Balaban J connectivity index is 2.40. The van der Waals surface area contributed by atoms with Crippen molar-refractivity contribution in [1.82, 2.24) is 14.9 Å². The number of carbonyl (C=O) groups is 1. The highest BCUT2D eigenvalue weighted by atomic mass is 32.2. The quantitative estimate of drug-likeness (QED) is 0.514. The summed E-state index contributed by atoms with van der Waals surface area (Å²) < 4.78 is 1.56. The van der Waals surface area contributed by atoms with Crippen LogP contribution >= 0.6 is 11.8 Å². The summed E-state index contributed by atoms with van der Waals surface area (Å²) in [5.41, 5.74) is 0.212. The molecule has 1 aromatic carbocycles. The van der Waals surface area contributed by atoms with Crippen LogP contribution in [0.4, 0.5) is 0 Å². The molecule has 24 heavy (non-hydrogen) atoms. The molecule has 2 aromatic rings. The summed E-state index contributed by atoms with van der Waals surface area (Å²) in [6.07, 6.45) is 1.65. The van der Waals surface area contributed by atoms with Gasteiger partial charge in [0.1, 0.15) is 0 Å². The SMILES string of the molecule is C=CCn1c(S[C@H](C)C(=O)NC(C)(C)C)nc2ccccc2c1=O. The van der Waals surface area contributed by atoms with Crippen LogP contribution in [0.15, 0.2) is 46.9 Å². The van der Waals surface area contributed by atoms with E-state index >= 15 is 0 Å². The molecule has 0 unspecified atom stereocenters. The first-order valence-electron chi connectivity index (χ1n) is 7.82. The minimum Gasteiger partial charge on any atom is -0.351 e. The molecule has 0 bridgehead atoms. The Morgan fingerprint density at radius 2 is 2.08 bits per heavy atom. The Morgan fingerprint density at radius 3 is 2.71 bits per heavy atom. The maximum absolute atomic E-state index is 12.7. The van der Waals surface area contributed by atoms with Gasteiger partial charge in [-0.25, -0.2) is 4.98 Å². The normalized spacial score (nSPS) is 12.8. The molecule has 0 aliphatic heterocycles. The number of amides is 1. The first-order chi connectivity index (χ1) is 11.2. The smallest absolute Gasteiger partial charge is 0.262 e. The Labute approximate surface area is 146 Å². The van der Waals surface area contributed by atoms with E-state index in [0.29, 0.717) is 22.6 Å². The fourth-order valence-electron chi connectivity index (χ4n) is 2.21. The van der Waals surface area contributed by atoms with Gasteiger partial charge >= 0.3 is 0 Å². The maximum Gasteiger partial charge on any atom is 0.262 e. The van der Waals surface area contributed by atoms with Crippen LogP contribution in [0.3, 0.4) is 0 Å². The third kappa shape index (κ3) is 4.26. The highest BCUT2D eigenvalue weighted by Gasteiger charge is 2.22. The van der Waals surface area contributed by atoms with Crippen molar-refractivity contribution in [2.24, 2.45) is 0 Å². The van der Waals surface area contributed by atoms with Gasteiger partial charge in [-0.3, -0.25) is 14.2 Å². The van der Waals surface area contributed by atoms with E-state index in [1.54, 1.807) is 22.8 Å². The van der Waals surface area contributed by atoms with Gasteiger partial charge in [0.25, 0.3) is 5.56 Å². The van der Waals surface area contributed by atoms with E-state index < -0.39 is 0 Å².